The second kappa shape index (κ2) is 8.29. The van der Waals surface area contributed by atoms with Crippen LogP contribution in [0.1, 0.15) is 59.1 Å². The van der Waals surface area contributed by atoms with Crippen molar-refractivity contribution in [2.24, 2.45) is 5.73 Å². The number of nitrogens with two attached hydrogens (primary N) is 1. The van der Waals surface area contributed by atoms with Crippen molar-refractivity contribution in [2.45, 2.75) is 45.8 Å². The van der Waals surface area contributed by atoms with E-state index in [4.69, 9.17) is 26.5 Å². The lowest BCUT2D eigenvalue weighted by atomic mass is 10.0. The van der Waals surface area contributed by atoms with Crippen LogP contribution in [0.5, 0.6) is 5.75 Å². The standard InChI is InChI=1S/C25H23ClN4O4/c1-12-8-17(14(3)33-19-6-7-20(26)29-21(19)25(27)32)24-18(9-12)22(31)13(2)23(34-24)15-10-28-30(11-15)16-4-5-16/h6-11,14,16H,4-5H2,1-3H3,(H2,27,32)/t14-/m1/s1. The van der Waals surface area contributed by atoms with Gasteiger partial charge in [-0.1, -0.05) is 11.6 Å². The highest BCUT2D eigenvalue weighted by molar-refractivity contribution is 6.29. The summed E-state index contributed by atoms with van der Waals surface area (Å²) in [7, 11) is 0. The lowest BCUT2D eigenvalue weighted by Gasteiger charge is -2.19. The minimum absolute atomic E-state index is 0.0678. The number of amides is 1. The number of aryl methyl sites for hydroxylation is 1. The summed E-state index contributed by atoms with van der Waals surface area (Å²) in [6.45, 7) is 5.46. The first-order chi connectivity index (χ1) is 16.2. The van der Waals surface area contributed by atoms with E-state index in [1.165, 1.54) is 6.07 Å². The maximum Gasteiger partial charge on any atom is 0.271 e. The van der Waals surface area contributed by atoms with Crippen LogP contribution in [0, 0.1) is 13.8 Å². The van der Waals surface area contributed by atoms with E-state index in [-0.39, 0.29) is 22.0 Å². The molecule has 0 aliphatic heterocycles. The summed E-state index contributed by atoms with van der Waals surface area (Å²) in [6, 6.07) is 7.18. The Morgan fingerprint density at radius 2 is 2.06 bits per heavy atom. The van der Waals surface area contributed by atoms with Crippen molar-refractivity contribution in [3.05, 3.63) is 74.4 Å². The van der Waals surface area contributed by atoms with E-state index in [1.807, 2.05) is 23.9 Å². The average molecular weight is 479 g/mol. The third kappa shape index (κ3) is 3.94. The van der Waals surface area contributed by atoms with E-state index in [0.717, 1.165) is 24.0 Å². The third-order valence-electron chi connectivity index (χ3n) is 5.98. The Balaban J connectivity index is 1.63. The molecule has 2 N–H and O–H groups in total. The molecule has 1 fully saturated rings. The van der Waals surface area contributed by atoms with E-state index in [1.54, 1.807) is 32.2 Å². The summed E-state index contributed by atoms with van der Waals surface area (Å²) in [5.74, 6) is -0.0805. The van der Waals surface area contributed by atoms with Gasteiger partial charge in [-0.05, 0) is 63.4 Å². The van der Waals surface area contributed by atoms with Gasteiger partial charge < -0.3 is 14.9 Å². The number of aromatic nitrogens is 3. The molecule has 1 aliphatic carbocycles. The van der Waals surface area contributed by atoms with E-state index in [0.29, 0.717) is 33.9 Å². The van der Waals surface area contributed by atoms with Crippen LogP contribution in [0.2, 0.25) is 5.15 Å². The fourth-order valence-corrected chi connectivity index (χ4v) is 4.23. The number of carbonyl (C=O) groups is 1. The molecule has 34 heavy (non-hydrogen) atoms. The molecule has 1 amide bonds. The molecule has 0 bridgehead atoms. The Hall–Kier alpha value is -3.65. The molecule has 0 spiro atoms. The number of carbonyl (C=O) groups excluding carboxylic acids is 1. The summed E-state index contributed by atoms with van der Waals surface area (Å²) in [6.07, 6.45) is 5.26. The summed E-state index contributed by atoms with van der Waals surface area (Å²) in [5, 5.41) is 5.03. The van der Waals surface area contributed by atoms with E-state index >= 15 is 0 Å². The number of hydrogen-bond acceptors (Lipinski definition) is 6. The lowest BCUT2D eigenvalue weighted by molar-refractivity contribution is 0.0988. The van der Waals surface area contributed by atoms with Gasteiger partial charge in [0, 0.05) is 17.3 Å². The van der Waals surface area contributed by atoms with Crippen LogP contribution >= 0.6 is 11.6 Å². The topological polar surface area (TPSA) is 113 Å². The zero-order valence-corrected chi connectivity index (χ0v) is 19.7. The van der Waals surface area contributed by atoms with E-state index in [2.05, 4.69) is 10.1 Å². The molecule has 0 unspecified atom stereocenters. The fourth-order valence-electron chi connectivity index (χ4n) is 4.09. The molecule has 0 radical (unpaired) electrons. The fraction of sp³-hybridized carbons (Fsp3) is 0.280. The van der Waals surface area contributed by atoms with Gasteiger partial charge in [-0.3, -0.25) is 14.3 Å². The van der Waals surface area contributed by atoms with Crippen molar-refractivity contribution in [1.29, 1.82) is 0 Å². The Morgan fingerprint density at radius 1 is 1.29 bits per heavy atom. The third-order valence-corrected chi connectivity index (χ3v) is 6.19. The molecule has 9 heteroatoms. The molecule has 1 atom stereocenters. The number of ether oxygens (including phenoxy) is 1. The summed E-state index contributed by atoms with van der Waals surface area (Å²) in [5.41, 5.74) is 8.50. The van der Waals surface area contributed by atoms with Crippen molar-refractivity contribution in [2.75, 3.05) is 0 Å². The Bertz CT molecular complexity index is 1500. The number of benzene rings is 1. The maximum atomic E-state index is 13.3. The Morgan fingerprint density at radius 3 is 2.76 bits per heavy atom. The normalized spacial score (nSPS) is 14.4. The highest BCUT2D eigenvalue weighted by Gasteiger charge is 2.26. The first kappa shape index (κ1) is 22.2. The van der Waals surface area contributed by atoms with Crippen LogP contribution in [0.4, 0.5) is 0 Å². The van der Waals surface area contributed by atoms with Crippen LogP contribution in [0.3, 0.4) is 0 Å². The number of nitrogens with zero attached hydrogens (tertiary/aromatic N) is 3. The summed E-state index contributed by atoms with van der Waals surface area (Å²) in [4.78, 5) is 29.2. The smallest absolute Gasteiger partial charge is 0.271 e. The number of rotatable bonds is 6. The monoisotopic (exact) mass is 478 g/mol. The molecule has 4 aromatic rings. The highest BCUT2D eigenvalue weighted by atomic mass is 35.5. The van der Waals surface area contributed by atoms with Gasteiger partial charge in [0.05, 0.1) is 23.2 Å². The van der Waals surface area contributed by atoms with Gasteiger partial charge in [-0.25, -0.2) is 4.98 Å². The van der Waals surface area contributed by atoms with Crippen molar-refractivity contribution in [3.63, 3.8) is 0 Å². The van der Waals surface area contributed by atoms with Crippen LogP contribution in [0.25, 0.3) is 22.3 Å². The molecule has 1 saturated carbocycles. The maximum absolute atomic E-state index is 13.3. The predicted molar refractivity (Wildman–Crippen MR) is 128 cm³/mol. The minimum atomic E-state index is -0.754. The second-order valence-electron chi connectivity index (χ2n) is 8.66. The van der Waals surface area contributed by atoms with Gasteiger partial charge in [0.2, 0.25) is 0 Å². The van der Waals surface area contributed by atoms with Crippen molar-refractivity contribution >= 4 is 28.5 Å². The van der Waals surface area contributed by atoms with Crippen LogP contribution in [-0.4, -0.2) is 20.7 Å². The quantitative estimate of drug-likeness (QED) is 0.394. The average Bonchev–Trinajstić information content (AvgIpc) is 3.54. The van der Waals surface area contributed by atoms with Crippen molar-refractivity contribution in [1.82, 2.24) is 14.8 Å². The van der Waals surface area contributed by atoms with E-state index < -0.39 is 12.0 Å². The largest absolute Gasteiger partial charge is 0.483 e. The van der Waals surface area contributed by atoms with Gasteiger partial charge in [-0.2, -0.15) is 5.10 Å². The predicted octanol–water partition coefficient (Wildman–Crippen LogP) is 4.90. The summed E-state index contributed by atoms with van der Waals surface area (Å²) >= 11 is 5.92. The molecule has 174 valence electrons. The minimum Gasteiger partial charge on any atom is -0.483 e. The number of halogens is 1. The molecule has 3 aromatic heterocycles. The molecule has 1 aromatic carbocycles. The number of primary amides is 1. The van der Waals surface area contributed by atoms with Gasteiger partial charge >= 0.3 is 0 Å². The number of pyridine rings is 1. The van der Waals surface area contributed by atoms with Crippen molar-refractivity contribution in [3.8, 4) is 17.1 Å². The molecule has 8 nitrogen and oxygen atoms in total. The lowest BCUT2D eigenvalue weighted by Crippen LogP contribution is -2.17. The van der Waals surface area contributed by atoms with Gasteiger partial charge in [0.15, 0.2) is 16.9 Å². The summed E-state index contributed by atoms with van der Waals surface area (Å²) < 4.78 is 14.3. The number of fused-ring (bicyclic) bond motifs is 1. The molecule has 3 heterocycles. The van der Waals surface area contributed by atoms with Gasteiger partial charge in [-0.15, -0.1) is 0 Å². The zero-order valence-electron chi connectivity index (χ0n) is 19.0. The Kier molecular flexibility index (Phi) is 5.40. The number of hydrogen-bond donors (Lipinski definition) is 1. The molecule has 0 saturated heterocycles. The van der Waals surface area contributed by atoms with Gasteiger partial charge in [0.25, 0.3) is 5.91 Å². The SMILES string of the molecule is Cc1cc([C@@H](C)Oc2ccc(Cl)nc2C(N)=O)c2oc(-c3cnn(C4CC4)c3)c(C)c(=O)c2c1. The highest BCUT2D eigenvalue weighted by Crippen LogP contribution is 2.37. The van der Waals surface area contributed by atoms with Crippen molar-refractivity contribution < 1.29 is 13.9 Å². The molecule has 5 rings (SSSR count). The van der Waals surface area contributed by atoms with E-state index in [9.17, 15) is 9.59 Å². The molecule has 1 aliphatic rings. The first-order valence-electron chi connectivity index (χ1n) is 11.0. The Labute approximate surface area is 200 Å². The first-order valence-corrected chi connectivity index (χ1v) is 11.4. The molecular formula is C25H23ClN4O4. The van der Waals surface area contributed by atoms with Gasteiger partial charge in [0.1, 0.15) is 22.6 Å². The molecular weight excluding hydrogens is 456 g/mol. The van der Waals surface area contributed by atoms with Crippen LogP contribution in [-0.2, 0) is 0 Å². The van der Waals surface area contributed by atoms with Crippen LogP contribution < -0.4 is 15.9 Å². The second-order valence-corrected chi connectivity index (χ2v) is 9.05. The zero-order chi connectivity index (χ0) is 24.1. The van der Waals surface area contributed by atoms with Crippen LogP contribution in [0.15, 0.2) is 45.9 Å².